The highest BCUT2D eigenvalue weighted by Gasteiger charge is 2.07. The Morgan fingerprint density at radius 3 is 3.00 bits per heavy atom. The van der Waals surface area contributed by atoms with Gasteiger partial charge in [-0.1, -0.05) is 11.6 Å². The summed E-state index contributed by atoms with van der Waals surface area (Å²) in [5.41, 5.74) is 6.21. The van der Waals surface area contributed by atoms with E-state index in [0.29, 0.717) is 11.6 Å². The quantitative estimate of drug-likeness (QED) is 0.811. The molecule has 0 aromatic carbocycles. The molecule has 1 aromatic heterocycles. The van der Waals surface area contributed by atoms with E-state index in [4.69, 9.17) is 17.3 Å². The molecule has 13 heavy (non-hydrogen) atoms. The van der Waals surface area contributed by atoms with Crippen LogP contribution in [0.25, 0.3) is 0 Å². The van der Waals surface area contributed by atoms with Crippen LogP contribution >= 0.6 is 27.5 Å². The lowest BCUT2D eigenvalue weighted by atomic mass is 10.1. The molecule has 0 saturated carbocycles. The normalized spacial score (nSPS) is 12.9. The number of aromatic nitrogens is 1. The summed E-state index contributed by atoms with van der Waals surface area (Å²) < 4.78 is 0.837. The van der Waals surface area contributed by atoms with E-state index in [9.17, 15) is 5.11 Å². The molecule has 0 bridgehead atoms. The fourth-order valence-corrected chi connectivity index (χ4v) is 1.50. The number of pyridine rings is 1. The first kappa shape index (κ1) is 10.9. The molecule has 1 aromatic rings. The van der Waals surface area contributed by atoms with Crippen LogP contribution in [0, 0.1) is 0 Å². The van der Waals surface area contributed by atoms with E-state index in [1.54, 1.807) is 12.3 Å². The smallest absolute Gasteiger partial charge is 0.129 e. The van der Waals surface area contributed by atoms with Crippen molar-refractivity contribution in [3.63, 3.8) is 0 Å². The minimum atomic E-state index is -0.533. The van der Waals surface area contributed by atoms with Crippen LogP contribution in [0.1, 0.15) is 5.56 Å². The molecule has 3 nitrogen and oxygen atoms in total. The van der Waals surface area contributed by atoms with E-state index in [1.165, 1.54) is 0 Å². The number of nitrogens with zero attached hydrogens (tertiary/aromatic N) is 1. The third-order valence-electron chi connectivity index (χ3n) is 1.63. The Morgan fingerprint density at radius 1 is 1.69 bits per heavy atom. The van der Waals surface area contributed by atoms with Crippen molar-refractivity contribution in [1.29, 1.82) is 0 Å². The Hall–Kier alpha value is -0.160. The maximum atomic E-state index is 9.32. The molecule has 3 N–H and O–H groups in total. The van der Waals surface area contributed by atoms with E-state index in [1.807, 2.05) is 0 Å². The maximum absolute atomic E-state index is 9.32. The van der Waals surface area contributed by atoms with Crippen LogP contribution in [-0.4, -0.2) is 22.7 Å². The first-order valence-corrected chi connectivity index (χ1v) is 4.98. The van der Waals surface area contributed by atoms with Crippen molar-refractivity contribution in [3.8, 4) is 0 Å². The molecule has 1 atom stereocenters. The second kappa shape index (κ2) is 4.91. The third-order valence-corrected chi connectivity index (χ3v) is 2.55. The number of nitrogens with two attached hydrogens (primary N) is 1. The van der Waals surface area contributed by atoms with Crippen LogP contribution in [-0.2, 0) is 6.42 Å². The molecule has 1 rings (SSSR count). The molecule has 0 aliphatic heterocycles. The van der Waals surface area contributed by atoms with E-state index in [2.05, 4.69) is 20.9 Å². The predicted molar refractivity (Wildman–Crippen MR) is 55.7 cm³/mol. The van der Waals surface area contributed by atoms with Crippen molar-refractivity contribution >= 4 is 27.5 Å². The minimum absolute atomic E-state index is 0.242. The van der Waals surface area contributed by atoms with Crippen LogP contribution in [0.4, 0.5) is 0 Å². The molecule has 0 radical (unpaired) electrons. The van der Waals surface area contributed by atoms with Gasteiger partial charge in [0.1, 0.15) is 5.15 Å². The lowest BCUT2D eigenvalue weighted by Crippen LogP contribution is -2.22. The summed E-state index contributed by atoms with van der Waals surface area (Å²) in [4.78, 5) is 3.88. The summed E-state index contributed by atoms with van der Waals surface area (Å²) in [6.07, 6.45) is 1.56. The molecule has 0 fully saturated rings. The molecule has 0 amide bonds. The largest absolute Gasteiger partial charge is 0.391 e. The SMILES string of the molecule is NCC(O)Cc1cc(Cl)ncc1Br. The van der Waals surface area contributed by atoms with Crippen LogP contribution in [0.3, 0.4) is 0 Å². The molecule has 1 heterocycles. The Bertz CT molecular complexity index is 295. The van der Waals surface area contributed by atoms with Crippen molar-refractivity contribution < 1.29 is 5.11 Å². The number of rotatable bonds is 3. The summed E-state index contributed by atoms with van der Waals surface area (Å²) in [6.45, 7) is 0.242. The van der Waals surface area contributed by atoms with Gasteiger partial charge in [-0.2, -0.15) is 0 Å². The fourth-order valence-electron chi connectivity index (χ4n) is 0.945. The van der Waals surface area contributed by atoms with Crippen LogP contribution in [0.15, 0.2) is 16.7 Å². The van der Waals surface area contributed by atoms with Gasteiger partial charge >= 0.3 is 0 Å². The van der Waals surface area contributed by atoms with E-state index < -0.39 is 6.10 Å². The maximum Gasteiger partial charge on any atom is 0.129 e. The van der Waals surface area contributed by atoms with Crippen LogP contribution < -0.4 is 5.73 Å². The first-order chi connectivity index (χ1) is 6.13. The second-order valence-electron chi connectivity index (χ2n) is 2.69. The summed E-state index contributed by atoms with van der Waals surface area (Å²) in [7, 11) is 0. The Morgan fingerprint density at radius 2 is 2.38 bits per heavy atom. The van der Waals surface area contributed by atoms with Gasteiger partial charge in [0.2, 0.25) is 0 Å². The predicted octanol–water partition coefficient (Wildman–Crippen LogP) is 1.36. The van der Waals surface area contributed by atoms with Crippen molar-refractivity contribution in [2.24, 2.45) is 5.73 Å². The molecular weight excluding hydrogens is 255 g/mol. The molecule has 72 valence electrons. The van der Waals surface area contributed by atoms with Crippen molar-refractivity contribution in [1.82, 2.24) is 4.98 Å². The summed E-state index contributed by atoms with van der Waals surface area (Å²) in [6, 6.07) is 1.71. The van der Waals surface area contributed by atoms with Gasteiger partial charge in [0.05, 0.1) is 6.10 Å². The van der Waals surface area contributed by atoms with E-state index in [-0.39, 0.29) is 6.54 Å². The van der Waals surface area contributed by atoms with E-state index >= 15 is 0 Å². The average molecular weight is 266 g/mol. The monoisotopic (exact) mass is 264 g/mol. The zero-order valence-electron chi connectivity index (χ0n) is 6.87. The molecular formula is C8H10BrClN2O. The standard InChI is InChI=1S/C8H10BrClN2O/c9-7-4-12-8(10)2-5(7)1-6(13)3-11/h2,4,6,13H,1,3,11H2. The third kappa shape index (κ3) is 3.23. The van der Waals surface area contributed by atoms with E-state index in [0.717, 1.165) is 10.0 Å². The summed E-state index contributed by atoms with van der Waals surface area (Å²) >= 11 is 9.01. The molecule has 0 spiro atoms. The molecule has 0 aliphatic rings. The van der Waals surface area contributed by atoms with Gasteiger partial charge in [0.25, 0.3) is 0 Å². The Balaban J connectivity index is 2.81. The number of aliphatic hydroxyl groups is 1. The van der Waals surface area contributed by atoms with Gasteiger partial charge in [0, 0.05) is 23.6 Å². The Kier molecular flexibility index (Phi) is 4.12. The first-order valence-electron chi connectivity index (χ1n) is 3.81. The van der Waals surface area contributed by atoms with Gasteiger partial charge in [-0.3, -0.25) is 0 Å². The zero-order valence-corrected chi connectivity index (χ0v) is 9.22. The highest BCUT2D eigenvalue weighted by Crippen LogP contribution is 2.19. The minimum Gasteiger partial charge on any atom is -0.391 e. The average Bonchev–Trinajstić information content (AvgIpc) is 2.11. The fraction of sp³-hybridized carbons (Fsp3) is 0.375. The van der Waals surface area contributed by atoms with Gasteiger partial charge < -0.3 is 10.8 Å². The van der Waals surface area contributed by atoms with Crippen LogP contribution in [0.2, 0.25) is 5.15 Å². The molecule has 0 saturated heterocycles. The lowest BCUT2D eigenvalue weighted by Gasteiger charge is -2.08. The molecule has 0 aliphatic carbocycles. The van der Waals surface area contributed by atoms with Gasteiger partial charge in [-0.25, -0.2) is 4.98 Å². The van der Waals surface area contributed by atoms with Gasteiger partial charge in [0.15, 0.2) is 0 Å². The number of aliphatic hydroxyl groups excluding tert-OH is 1. The second-order valence-corrected chi connectivity index (χ2v) is 3.93. The van der Waals surface area contributed by atoms with Gasteiger partial charge in [-0.05, 0) is 27.6 Å². The number of hydrogen-bond acceptors (Lipinski definition) is 3. The Labute approximate surface area is 90.1 Å². The number of halogens is 2. The van der Waals surface area contributed by atoms with Crippen molar-refractivity contribution in [3.05, 3.63) is 27.5 Å². The molecule has 5 heteroatoms. The zero-order chi connectivity index (χ0) is 9.84. The highest BCUT2D eigenvalue weighted by molar-refractivity contribution is 9.10. The molecule has 1 unspecified atom stereocenters. The highest BCUT2D eigenvalue weighted by atomic mass is 79.9. The van der Waals surface area contributed by atoms with Crippen LogP contribution in [0.5, 0.6) is 0 Å². The van der Waals surface area contributed by atoms with Crippen molar-refractivity contribution in [2.45, 2.75) is 12.5 Å². The summed E-state index contributed by atoms with van der Waals surface area (Å²) in [5, 5.41) is 9.74. The summed E-state index contributed by atoms with van der Waals surface area (Å²) in [5.74, 6) is 0. The van der Waals surface area contributed by atoms with Gasteiger partial charge in [-0.15, -0.1) is 0 Å². The topological polar surface area (TPSA) is 59.1 Å². The lowest BCUT2D eigenvalue weighted by molar-refractivity contribution is 0.183. The number of hydrogen-bond donors (Lipinski definition) is 2. The van der Waals surface area contributed by atoms with Crippen molar-refractivity contribution in [2.75, 3.05) is 6.54 Å².